The van der Waals surface area contributed by atoms with Crippen LogP contribution in [0.1, 0.15) is 21.5 Å². The number of carbonyl (C=O) groups is 2. The summed E-state index contributed by atoms with van der Waals surface area (Å²) in [7, 11) is 3.09. The zero-order chi connectivity index (χ0) is 18.9. The first-order chi connectivity index (χ1) is 12.5. The van der Waals surface area contributed by atoms with Gasteiger partial charge in [-0.1, -0.05) is 23.8 Å². The predicted octanol–water partition coefficient (Wildman–Crippen LogP) is 2.53. The fourth-order valence-electron chi connectivity index (χ4n) is 2.38. The molecular weight excluding hydrogens is 334 g/mol. The third-order valence-electron chi connectivity index (χ3n) is 3.80. The van der Waals surface area contributed by atoms with E-state index < -0.39 is 5.97 Å². The monoisotopic (exact) mass is 357 g/mol. The van der Waals surface area contributed by atoms with Gasteiger partial charge in [-0.15, -0.1) is 0 Å². The van der Waals surface area contributed by atoms with Crippen LogP contribution in [0, 0.1) is 6.92 Å². The van der Waals surface area contributed by atoms with Gasteiger partial charge in [0.05, 0.1) is 14.2 Å². The molecule has 0 radical (unpaired) electrons. The van der Waals surface area contributed by atoms with Gasteiger partial charge in [-0.2, -0.15) is 0 Å². The molecule has 0 saturated carbocycles. The van der Waals surface area contributed by atoms with E-state index in [9.17, 15) is 9.59 Å². The largest absolute Gasteiger partial charge is 0.497 e. The van der Waals surface area contributed by atoms with E-state index in [2.05, 4.69) is 5.32 Å². The lowest BCUT2D eigenvalue weighted by atomic mass is 10.1. The minimum Gasteiger partial charge on any atom is -0.497 e. The second kappa shape index (κ2) is 9.46. The van der Waals surface area contributed by atoms with E-state index in [0.29, 0.717) is 24.3 Å². The molecule has 0 saturated heterocycles. The van der Waals surface area contributed by atoms with Crippen LogP contribution in [0.3, 0.4) is 0 Å². The molecule has 0 aliphatic heterocycles. The predicted molar refractivity (Wildman–Crippen MR) is 97.7 cm³/mol. The number of hydrogen-bond acceptors (Lipinski definition) is 5. The quantitative estimate of drug-likeness (QED) is 0.735. The van der Waals surface area contributed by atoms with Gasteiger partial charge in [0.15, 0.2) is 6.61 Å². The van der Waals surface area contributed by atoms with E-state index in [0.717, 1.165) is 16.9 Å². The number of hydrogen-bond donors (Lipinski definition) is 1. The third kappa shape index (κ3) is 5.51. The summed E-state index contributed by atoms with van der Waals surface area (Å²) >= 11 is 0. The standard InChI is InChI=1S/C20H23NO5/c1-14-4-9-18(25-3)17(12-14)20(23)26-13-19(22)21-11-10-15-5-7-16(24-2)8-6-15/h4-9,12H,10-11,13H2,1-3H3,(H,21,22). The summed E-state index contributed by atoms with van der Waals surface area (Å²) in [4.78, 5) is 24.0. The summed E-state index contributed by atoms with van der Waals surface area (Å²) in [5, 5.41) is 2.73. The summed E-state index contributed by atoms with van der Waals surface area (Å²) in [5.41, 5.74) is 2.29. The molecule has 0 heterocycles. The van der Waals surface area contributed by atoms with Crippen LogP contribution in [0.5, 0.6) is 11.5 Å². The molecule has 0 spiro atoms. The van der Waals surface area contributed by atoms with Crippen LogP contribution in [0.25, 0.3) is 0 Å². The number of methoxy groups -OCH3 is 2. The highest BCUT2D eigenvalue weighted by molar-refractivity contribution is 5.94. The molecule has 0 bridgehead atoms. The Balaban J connectivity index is 1.77. The van der Waals surface area contributed by atoms with Crippen molar-refractivity contribution in [3.8, 4) is 11.5 Å². The molecule has 1 amide bonds. The second-order valence-electron chi connectivity index (χ2n) is 5.73. The van der Waals surface area contributed by atoms with Gasteiger partial charge in [0, 0.05) is 6.54 Å². The van der Waals surface area contributed by atoms with Gasteiger partial charge in [0.2, 0.25) is 0 Å². The molecule has 0 aliphatic rings. The van der Waals surface area contributed by atoms with Gasteiger partial charge in [-0.05, 0) is 43.2 Å². The average Bonchev–Trinajstić information content (AvgIpc) is 2.66. The summed E-state index contributed by atoms with van der Waals surface area (Å²) < 4.78 is 15.3. The van der Waals surface area contributed by atoms with Crippen molar-refractivity contribution in [3.05, 3.63) is 59.2 Å². The van der Waals surface area contributed by atoms with Gasteiger partial charge >= 0.3 is 5.97 Å². The van der Waals surface area contributed by atoms with E-state index >= 15 is 0 Å². The molecule has 6 heteroatoms. The first kappa shape index (κ1) is 19.3. The molecular formula is C20H23NO5. The van der Waals surface area contributed by atoms with Gasteiger partial charge in [-0.25, -0.2) is 4.79 Å². The van der Waals surface area contributed by atoms with Crippen molar-refractivity contribution in [3.63, 3.8) is 0 Å². The molecule has 2 aromatic rings. The first-order valence-corrected chi connectivity index (χ1v) is 8.25. The number of carbonyl (C=O) groups excluding carboxylic acids is 2. The fourth-order valence-corrected chi connectivity index (χ4v) is 2.38. The number of esters is 1. The summed E-state index contributed by atoms with van der Waals surface area (Å²) in [5.74, 6) is 0.270. The Bertz CT molecular complexity index is 755. The zero-order valence-electron chi connectivity index (χ0n) is 15.2. The Hall–Kier alpha value is -3.02. The summed E-state index contributed by atoms with van der Waals surface area (Å²) in [6, 6.07) is 12.8. The lowest BCUT2D eigenvalue weighted by Gasteiger charge is -2.10. The van der Waals surface area contributed by atoms with E-state index in [1.165, 1.54) is 7.11 Å². The van der Waals surface area contributed by atoms with Crippen molar-refractivity contribution < 1.29 is 23.8 Å². The van der Waals surface area contributed by atoms with E-state index in [-0.39, 0.29) is 12.5 Å². The van der Waals surface area contributed by atoms with Crippen LogP contribution in [-0.2, 0) is 16.0 Å². The topological polar surface area (TPSA) is 73.9 Å². The number of ether oxygens (including phenoxy) is 3. The van der Waals surface area contributed by atoms with Crippen LogP contribution in [-0.4, -0.2) is 39.2 Å². The molecule has 0 unspecified atom stereocenters. The van der Waals surface area contributed by atoms with Crippen LogP contribution >= 0.6 is 0 Å². The Kier molecular flexibility index (Phi) is 7.02. The van der Waals surface area contributed by atoms with E-state index in [4.69, 9.17) is 14.2 Å². The minimum absolute atomic E-state index is 0.304. The third-order valence-corrected chi connectivity index (χ3v) is 3.80. The van der Waals surface area contributed by atoms with Crippen LogP contribution in [0.2, 0.25) is 0 Å². The van der Waals surface area contributed by atoms with Crippen LogP contribution in [0.4, 0.5) is 0 Å². The lowest BCUT2D eigenvalue weighted by molar-refractivity contribution is -0.124. The van der Waals surface area contributed by atoms with Gasteiger partial charge in [0.25, 0.3) is 5.91 Å². The van der Waals surface area contributed by atoms with E-state index in [1.807, 2.05) is 37.3 Å². The van der Waals surface area contributed by atoms with E-state index in [1.54, 1.807) is 19.2 Å². The van der Waals surface area contributed by atoms with Gasteiger partial charge in [0.1, 0.15) is 17.1 Å². The molecule has 1 N–H and O–H groups in total. The molecule has 2 rings (SSSR count). The normalized spacial score (nSPS) is 10.1. The molecule has 0 fully saturated rings. The van der Waals surface area contributed by atoms with Gasteiger partial charge in [-0.3, -0.25) is 4.79 Å². The highest BCUT2D eigenvalue weighted by Gasteiger charge is 2.15. The summed E-state index contributed by atoms with van der Waals surface area (Å²) in [6.07, 6.45) is 0.676. The smallest absolute Gasteiger partial charge is 0.342 e. The average molecular weight is 357 g/mol. The molecule has 0 aliphatic carbocycles. The lowest BCUT2D eigenvalue weighted by Crippen LogP contribution is -2.30. The number of benzene rings is 2. The van der Waals surface area contributed by atoms with Crippen LogP contribution < -0.4 is 14.8 Å². The van der Waals surface area contributed by atoms with Crippen molar-refractivity contribution in [1.82, 2.24) is 5.32 Å². The highest BCUT2D eigenvalue weighted by Crippen LogP contribution is 2.20. The highest BCUT2D eigenvalue weighted by atomic mass is 16.5. The molecule has 0 aromatic heterocycles. The molecule has 26 heavy (non-hydrogen) atoms. The summed E-state index contributed by atoms with van der Waals surface area (Å²) in [6.45, 7) is 1.98. The number of rotatable bonds is 8. The molecule has 2 aromatic carbocycles. The molecule has 0 atom stereocenters. The number of aryl methyl sites for hydroxylation is 1. The SMILES string of the molecule is COc1ccc(CCNC(=O)COC(=O)c2cc(C)ccc2OC)cc1. The van der Waals surface area contributed by atoms with Crippen molar-refractivity contribution >= 4 is 11.9 Å². The number of nitrogens with one attached hydrogen (secondary N) is 1. The maximum atomic E-state index is 12.1. The first-order valence-electron chi connectivity index (χ1n) is 8.25. The maximum Gasteiger partial charge on any atom is 0.342 e. The molecule has 6 nitrogen and oxygen atoms in total. The molecule has 138 valence electrons. The van der Waals surface area contributed by atoms with Gasteiger partial charge < -0.3 is 19.5 Å². The Morgan fingerprint density at radius 3 is 2.38 bits per heavy atom. The second-order valence-corrected chi connectivity index (χ2v) is 5.73. The zero-order valence-corrected chi connectivity index (χ0v) is 15.2. The Morgan fingerprint density at radius 2 is 1.73 bits per heavy atom. The number of amides is 1. The van der Waals surface area contributed by atoms with Crippen molar-refractivity contribution in [2.45, 2.75) is 13.3 Å². The van der Waals surface area contributed by atoms with Crippen LogP contribution in [0.15, 0.2) is 42.5 Å². The Labute approximate surface area is 153 Å². The minimum atomic E-state index is -0.587. The van der Waals surface area contributed by atoms with Crippen molar-refractivity contribution in [2.24, 2.45) is 0 Å². The fraction of sp³-hybridized carbons (Fsp3) is 0.300. The Morgan fingerprint density at radius 1 is 1.00 bits per heavy atom. The maximum absolute atomic E-state index is 12.1. The van der Waals surface area contributed by atoms with Crippen molar-refractivity contribution in [2.75, 3.05) is 27.4 Å². The van der Waals surface area contributed by atoms with Crippen molar-refractivity contribution in [1.29, 1.82) is 0 Å².